The first-order valence-electron chi connectivity index (χ1n) is 10.2. The molecule has 0 unspecified atom stereocenters. The highest BCUT2D eigenvalue weighted by molar-refractivity contribution is 7.99. The van der Waals surface area contributed by atoms with Crippen molar-refractivity contribution in [3.8, 4) is 5.69 Å². The fourth-order valence-corrected chi connectivity index (χ4v) is 4.30. The standard InChI is InChI=1S/C24H17ClN4O5S/c1-14(30)15-6-8-16(9-7-15)28-23(32)18-4-2-3-5-20(18)27-24(28)35-13-22(31)26-21-12-17(29(33)34)10-11-19(21)25/h2-12H,13H2,1H3,(H,26,31). The number of rotatable bonds is 7. The summed E-state index contributed by atoms with van der Waals surface area (Å²) in [4.78, 5) is 52.6. The first kappa shape index (κ1) is 24.1. The lowest BCUT2D eigenvalue weighted by Crippen LogP contribution is -2.23. The molecular formula is C24H17ClN4O5S. The molecule has 0 aliphatic carbocycles. The molecule has 0 bridgehead atoms. The van der Waals surface area contributed by atoms with Crippen LogP contribution in [0.25, 0.3) is 16.6 Å². The van der Waals surface area contributed by atoms with E-state index in [4.69, 9.17) is 11.6 Å². The molecule has 35 heavy (non-hydrogen) atoms. The number of ketones is 1. The Hall–Kier alpha value is -4.02. The van der Waals surface area contributed by atoms with Crippen LogP contribution in [0.3, 0.4) is 0 Å². The van der Waals surface area contributed by atoms with Crippen molar-refractivity contribution in [1.82, 2.24) is 9.55 Å². The number of carbonyl (C=O) groups excluding carboxylic acids is 2. The molecule has 1 aromatic heterocycles. The number of benzene rings is 3. The Morgan fingerprint density at radius 3 is 2.51 bits per heavy atom. The van der Waals surface area contributed by atoms with E-state index in [1.54, 1.807) is 48.5 Å². The van der Waals surface area contributed by atoms with E-state index in [1.807, 2.05) is 0 Å². The highest BCUT2D eigenvalue weighted by Crippen LogP contribution is 2.27. The molecule has 0 saturated carbocycles. The number of para-hydroxylation sites is 1. The van der Waals surface area contributed by atoms with E-state index in [2.05, 4.69) is 10.3 Å². The zero-order valence-electron chi connectivity index (χ0n) is 18.2. The molecule has 1 N–H and O–H groups in total. The fourth-order valence-electron chi connectivity index (χ4n) is 3.32. The van der Waals surface area contributed by atoms with Crippen LogP contribution in [-0.4, -0.2) is 31.9 Å². The van der Waals surface area contributed by atoms with Gasteiger partial charge in [0.1, 0.15) is 0 Å². The number of amides is 1. The van der Waals surface area contributed by atoms with Gasteiger partial charge in [-0.15, -0.1) is 0 Å². The molecule has 3 aromatic carbocycles. The largest absolute Gasteiger partial charge is 0.324 e. The summed E-state index contributed by atoms with van der Waals surface area (Å²) in [6, 6.07) is 17.1. The maximum Gasteiger partial charge on any atom is 0.271 e. The number of fused-ring (bicyclic) bond motifs is 1. The Labute approximate surface area is 207 Å². The van der Waals surface area contributed by atoms with Crippen molar-refractivity contribution in [3.63, 3.8) is 0 Å². The molecule has 0 aliphatic heterocycles. The summed E-state index contributed by atoms with van der Waals surface area (Å²) in [5.74, 6) is -0.736. The molecule has 0 saturated heterocycles. The minimum Gasteiger partial charge on any atom is -0.324 e. The van der Waals surface area contributed by atoms with Crippen molar-refractivity contribution in [2.75, 3.05) is 11.1 Å². The van der Waals surface area contributed by atoms with E-state index in [1.165, 1.54) is 29.7 Å². The first-order chi connectivity index (χ1) is 16.7. The van der Waals surface area contributed by atoms with Crippen molar-refractivity contribution >= 4 is 57.3 Å². The van der Waals surface area contributed by atoms with Crippen LogP contribution in [0.15, 0.2) is 76.7 Å². The Morgan fingerprint density at radius 2 is 1.83 bits per heavy atom. The van der Waals surface area contributed by atoms with Crippen LogP contribution in [0.2, 0.25) is 5.02 Å². The molecule has 0 spiro atoms. The number of nitro groups is 1. The highest BCUT2D eigenvalue weighted by atomic mass is 35.5. The molecule has 1 heterocycles. The third-order valence-electron chi connectivity index (χ3n) is 5.04. The van der Waals surface area contributed by atoms with Gasteiger partial charge in [0.2, 0.25) is 5.91 Å². The van der Waals surface area contributed by atoms with Crippen LogP contribution in [0, 0.1) is 10.1 Å². The van der Waals surface area contributed by atoms with E-state index in [0.29, 0.717) is 22.2 Å². The van der Waals surface area contributed by atoms with Gasteiger partial charge < -0.3 is 5.32 Å². The molecular weight excluding hydrogens is 492 g/mol. The fraction of sp³-hybridized carbons (Fsp3) is 0.0833. The number of Topliss-reactive ketones (excluding diaryl/α,β-unsaturated/α-hetero) is 1. The number of nitrogens with one attached hydrogen (secondary N) is 1. The molecule has 0 radical (unpaired) electrons. The van der Waals surface area contributed by atoms with E-state index in [-0.39, 0.29) is 38.6 Å². The number of anilines is 1. The van der Waals surface area contributed by atoms with Gasteiger partial charge in [-0.05, 0) is 49.4 Å². The molecule has 0 aliphatic rings. The van der Waals surface area contributed by atoms with Gasteiger partial charge in [0.25, 0.3) is 11.2 Å². The lowest BCUT2D eigenvalue weighted by atomic mass is 10.1. The summed E-state index contributed by atoms with van der Waals surface area (Å²) >= 11 is 7.08. The van der Waals surface area contributed by atoms with Gasteiger partial charge in [-0.2, -0.15) is 0 Å². The van der Waals surface area contributed by atoms with Crippen LogP contribution < -0.4 is 10.9 Å². The van der Waals surface area contributed by atoms with Crippen molar-refractivity contribution in [1.29, 1.82) is 0 Å². The number of nitrogens with zero attached hydrogens (tertiary/aromatic N) is 3. The normalized spacial score (nSPS) is 10.8. The van der Waals surface area contributed by atoms with Crippen LogP contribution in [-0.2, 0) is 4.79 Å². The summed E-state index contributed by atoms with van der Waals surface area (Å²) in [6.07, 6.45) is 0. The number of nitro benzene ring substituents is 1. The Morgan fingerprint density at radius 1 is 1.11 bits per heavy atom. The third-order valence-corrected chi connectivity index (χ3v) is 6.31. The minimum absolute atomic E-state index is 0.105. The minimum atomic E-state index is -0.587. The predicted molar refractivity (Wildman–Crippen MR) is 135 cm³/mol. The van der Waals surface area contributed by atoms with Gasteiger partial charge in [0.05, 0.1) is 38.0 Å². The van der Waals surface area contributed by atoms with Crippen molar-refractivity contribution < 1.29 is 14.5 Å². The maximum atomic E-state index is 13.3. The smallest absolute Gasteiger partial charge is 0.271 e. The van der Waals surface area contributed by atoms with E-state index in [0.717, 1.165) is 11.8 Å². The number of hydrogen-bond donors (Lipinski definition) is 1. The second-order valence-electron chi connectivity index (χ2n) is 7.41. The van der Waals surface area contributed by atoms with E-state index < -0.39 is 10.8 Å². The second-order valence-corrected chi connectivity index (χ2v) is 8.76. The van der Waals surface area contributed by atoms with Gasteiger partial charge in [-0.1, -0.05) is 35.5 Å². The van der Waals surface area contributed by atoms with Gasteiger partial charge in [-0.25, -0.2) is 4.98 Å². The Kier molecular flexibility index (Phi) is 6.94. The number of carbonyl (C=O) groups is 2. The average molecular weight is 509 g/mol. The molecule has 1 amide bonds. The molecule has 176 valence electrons. The molecule has 0 atom stereocenters. The van der Waals surface area contributed by atoms with Crippen molar-refractivity contribution in [2.45, 2.75) is 12.1 Å². The van der Waals surface area contributed by atoms with Gasteiger partial charge in [0, 0.05) is 17.7 Å². The zero-order chi connectivity index (χ0) is 25.1. The molecule has 11 heteroatoms. The first-order valence-corrected chi connectivity index (χ1v) is 11.6. The molecule has 9 nitrogen and oxygen atoms in total. The quantitative estimate of drug-likeness (QED) is 0.124. The maximum absolute atomic E-state index is 13.3. The van der Waals surface area contributed by atoms with Crippen LogP contribution in [0.5, 0.6) is 0 Å². The predicted octanol–water partition coefficient (Wildman–Crippen LogP) is 4.88. The van der Waals surface area contributed by atoms with Crippen molar-refractivity contribution in [2.24, 2.45) is 0 Å². The topological polar surface area (TPSA) is 124 Å². The van der Waals surface area contributed by atoms with Gasteiger partial charge in [-0.3, -0.25) is 29.1 Å². The van der Waals surface area contributed by atoms with Crippen LogP contribution >= 0.6 is 23.4 Å². The Balaban J connectivity index is 1.66. The summed E-state index contributed by atoms with van der Waals surface area (Å²) in [5.41, 5.74) is 1.03. The lowest BCUT2D eigenvalue weighted by molar-refractivity contribution is -0.384. The number of halogens is 1. The summed E-state index contributed by atoms with van der Waals surface area (Å²) in [6.45, 7) is 1.45. The van der Waals surface area contributed by atoms with Crippen LogP contribution in [0.1, 0.15) is 17.3 Å². The average Bonchev–Trinajstić information content (AvgIpc) is 2.84. The van der Waals surface area contributed by atoms with Gasteiger partial charge >= 0.3 is 0 Å². The summed E-state index contributed by atoms with van der Waals surface area (Å²) in [7, 11) is 0. The molecule has 4 rings (SSSR count). The number of thioether (sulfide) groups is 1. The van der Waals surface area contributed by atoms with Crippen LogP contribution in [0.4, 0.5) is 11.4 Å². The third kappa shape index (κ3) is 5.23. The number of hydrogen-bond acceptors (Lipinski definition) is 7. The Bertz CT molecular complexity index is 1540. The highest BCUT2D eigenvalue weighted by Gasteiger charge is 2.17. The second kappa shape index (κ2) is 10.1. The zero-order valence-corrected chi connectivity index (χ0v) is 19.8. The summed E-state index contributed by atoms with van der Waals surface area (Å²) < 4.78 is 1.38. The molecule has 4 aromatic rings. The number of aromatic nitrogens is 2. The van der Waals surface area contributed by atoms with Crippen molar-refractivity contribution in [3.05, 3.63) is 97.8 Å². The van der Waals surface area contributed by atoms with E-state index in [9.17, 15) is 24.5 Å². The molecule has 0 fully saturated rings. The van der Waals surface area contributed by atoms with Gasteiger partial charge in [0.15, 0.2) is 10.9 Å². The monoisotopic (exact) mass is 508 g/mol. The summed E-state index contributed by atoms with van der Waals surface area (Å²) in [5, 5.41) is 14.4. The number of non-ortho nitro benzene ring substituents is 1. The SMILES string of the molecule is CC(=O)c1ccc(-n2c(SCC(=O)Nc3cc([N+](=O)[O-])ccc3Cl)nc3ccccc3c2=O)cc1. The van der Waals surface area contributed by atoms with E-state index >= 15 is 0 Å². The lowest BCUT2D eigenvalue weighted by Gasteiger charge is -2.14.